The number of methoxy groups -OCH3 is 1. The summed E-state index contributed by atoms with van der Waals surface area (Å²) in [6.45, 7) is 2.33. The highest BCUT2D eigenvalue weighted by Gasteiger charge is 2.37. The lowest BCUT2D eigenvalue weighted by atomic mass is 9.89. The van der Waals surface area contributed by atoms with E-state index in [1.165, 1.54) is 7.11 Å². The van der Waals surface area contributed by atoms with Crippen LogP contribution in [0.4, 0.5) is 13.2 Å². The number of benzene rings is 1. The number of hydrogen-bond acceptors (Lipinski definition) is 2. The van der Waals surface area contributed by atoms with E-state index in [1.807, 2.05) is 0 Å². The first-order chi connectivity index (χ1) is 7.99. The molecule has 0 radical (unpaired) electrons. The van der Waals surface area contributed by atoms with E-state index in [9.17, 15) is 13.2 Å². The molecule has 1 atom stereocenters. The zero-order valence-corrected chi connectivity index (χ0v) is 9.74. The van der Waals surface area contributed by atoms with Gasteiger partial charge >= 0.3 is 0 Å². The molecule has 2 rings (SSSR count). The molecule has 17 heavy (non-hydrogen) atoms. The lowest BCUT2D eigenvalue weighted by molar-refractivity contribution is 0.337. The van der Waals surface area contributed by atoms with Gasteiger partial charge in [-0.15, -0.1) is 0 Å². The summed E-state index contributed by atoms with van der Waals surface area (Å²) in [5.41, 5.74) is -1.14. The topological polar surface area (TPSA) is 21.3 Å². The van der Waals surface area contributed by atoms with E-state index in [0.717, 1.165) is 12.5 Å². The second-order valence-electron chi connectivity index (χ2n) is 4.43. The molecule has 0 aliphatic carbocycles. The molecule has 1 saturated heterocycles. The van der Waals surface area contributed by atoms with Gasteiger partial charge in [-0.3, -0.25) is 0 Å². The van der Waals surface area contributed by atoms with E-state index in [-0.39, 0.29) is 11.3 Å². The first kappa shape index (κ1) is 12.2. The van der Waals surface area contributed by atoms with Crippen molar-refractivity contribution in [2.75, 3.05) is 13.7 Å². The summed E-state index contributed by atoms with van der Waals surface area (Å²) < 4.78 is 45.9. The van der Waals surface area contributed by atoms with Crippen molar-refractivity contribution < 1.29 is 17.9 Å². The van der Waals surface area contributed by atoms with Crippen LogP contribution in [0.3, 0.4) is 0 Å². The van der Waals surface area contributed by atoms with Gasteiger partial charge in [-0.05, 0) is 26.3 Å². The largest absolute Gasteiger partial charge is 0.494 e. The van der Waals surface area contributed by atoms with Gasteiger partial charge in [0.25, 0.3) is 0 Å². The van der Waals surface area contributed by atoms with Gasteiger partial charge in [0, 0.05) is 11.6 Å². The Kier molecular flexibility index (Phi) is 3.03. The maximum atomic E-state index is 14.0. The van der Waals surface area contributed by atoms with Crippen LogP contribution >= 0.6 is 0 Å². The Labute approximate surface area is 97.8 Å². The van der Waals surface area contributed by atoms with E-state index in [4.69, 9.17) is 4.74 Å². The second kappa shape index (κ2) is 4.22. The van der Waals surface area contributed by atoms with Gasteiger partial charge < -0.3 is 10.1 Å². The van der Waals surface area contributed by atoms with E-state index in [2.05, 4.69) is 5.32 Å². The SMILES string of the molecule is COc1cc(F)c(F)c(C2(C)CCCN2)c1F. The van der Waals surface area contributed by atoms with Crippen LogP contribution in [0.5, 0.6) is 5.75 Å². The van der Waals surface area contributed by atoms with Crippen molar-refractivity contribution in [1.29, 1.82) is 0 Å². The zero-order valence-electron chi connectivity index (χ0n) is 9.74. The van der Waals surface area contributed by atoms with Gasteiger partial charge in [-0.1, -0.05) is 0 Å². The van der Waals surface area contributed by atoms with Crippen LogP contribution < -0.4 is 10.1 Å². The van der Waals surface area contributed by atoms with Crippen molar-refractivity contribution >= 4 is 0 Å². The standard InChI is InChI=1S/C12H14F3NO/c1-12(4-3-5-16-12)9-10(14)7(13)6-8(17-2)11(9)15/h6,16H,3-5H2,1-2H3. The highest BCUT2D eigenvalue weighted by atomic mass is 19.2. The summed E-state index contributed by atoms with van der Waals surface area (Å²) in [6, 6.07) is 0.729. The van der Waals surface area contributed by atoms with Gasteiger partial charge in [0.2, 0.25) is 0 Å². The molecule has 1 fully saturated rings. The van der Waals surface area contributed by atoms with Crippen molar-refractivity contribution in [3.05, 3.63) is 29.1 Å². The predicted octanol–water partition coefficient (Wildman–Crippen LogP) is 2.71. The van der Waals surface area contributed by atoms with Crippen molar-refractivity contribution in [2.45, 2.75) is 25.3 Å². The maximum absolute atomic E-state index is 14.0. The number of halogens is 3. The van der Waals surface area contributed by atoms with Gasteiger partial charge in [-0.2, -0.15) is 0 Å². The summed E-state index contributed by atoms with van der Waals surface area (Å²) in [5.74, 6) is -3.33. The van der Waals surface area contributed by atoms with Crippen molar-refractivity contribution in [3.63, 3.8) is 0 Å². The number of hydrogen-bond donors (Lipinski definition) is 1. The van der Waals surface area contributed by atoms with E-state index < -0.39 is 23.0 Å². The second-order valence-corrected chi connectivity index (χ2v) is 4.43. The quantitative estimate of drug-likeness (QED) is 0.809. The summed E-state index contributed by atoms with van der Waals surface area (Å²) >= 11 is 0. The monoisotopic (exact) mass is 245 g/mol. The number of nitrogens with one attached hydrogen (secondary N) is 1. The van der Waals surface area contributed by atoms with Crippen molar-refractivity contribution in [3.8, 4) is 5.75 Å². The zero-order chi connectivity index (χ0) is 12.6. The van der Waals surface area contributed by atoms with Crippen LogP contribution in [0.1, 0.15) is 25.3 Å². The molecule has 94 valence electrons. The van der Waals surface area contributed by atoms with Crippen LogP contribution in [-0.4, -0.2) is 13.7 Å². The van der Waals surface area contributed by atoms with Crippen LogP contribution in [0, 0.1) is 17.5 Å². The molecule has 1 heterocycles. The maximum Gasteiger partial charge on any atom is 0.173 e. The third-order valence-electron chi connectivity index (χ3n) is 3.26. The fraction of sp³-hybridized carbons (Fsp3) is 0.500. The fourth-order valence-corrected chi connectivity index (χ4v) is 2.32. The van der Waals surface area contributed by atoms with E-state index in [1.54, 1.807) is 6.92 Å². The molecule has 5 heteroatoms. The predicted molar refractivity (Wildman–Crippen MR) is 57.5 cm³/mol. The van der Waals surface area contributed by atoms with Crippen molar-refractivity contribution in [2.24, 2.45) is 0 Å². The molecule has 0 amide bonds. The van der Waals surface area contributed by atoms with E-state index >= 15 is 0 Å². The molecule has 1 N–H and O–H groups in total. The Morgan fingerprint density at radius 3 is 2.53 bits per heavy atom. The first-order valence-corrected chi connectivity index (χ1v) is 5.46. The first-order valence-electron chi connectivity index (χ1n) is 5.46. The van der Waals surface area contributed by atoms with Gasteiger partial charge in [0.1, 0.15) is 0 Å². The van der Waals surface area contributed by atoms with Crippen LogP contribution in [0.2, 0.25) is 0 Å². The highest BCUT2D eigenvalue weighted by Crippen LogP contribution is 2.37. The Morgan fingerprint density at radius 2 is 2.00 bits per heavy atom. The summed E-state index contributed by atoms with van der Waals surface area (Å²) in [6.07, 6.45) is 1.36. The number of rotatable bonds is 2. The third kappa shape index (κ3) is 1.88. The molecular formula is C12H14F3NO. The van der Waals surface area contributed by atoms with Gasteiger partial charge in [0.05, 0.1) is 12.7 Å². The summed E-state index contributed by atoms with van der Waals surface area (Å²) in [5, 5.41) is 3.01. The molecule has 0 bridgehead atoms. The highest BCUT2D eigenvalue weighted by molar-refractivity contribution is 5.38. The minimum atomic E-state index is -1.14. The smallest absolute Gasteiger partial charge is 0.173 e. The molecule has 2 nitrogen and oxygen atoms in total. The average molecular weight is 245 g/mol. The summed E-state index contributed by atoms with van der Waals surface area (Å²) in [4.78, 5) is 0. The Bertz CT molecular complexity index is 442. The van der Waals surface area contributed by atoms with E-state index in [0.29, 0.717) is 13.0 Å². The Hall–Kier alpha value is -1.23. The molecule has 1 aliphatic rings. The van der Waals surface area contributed by atoms with Crippen LogP contribution in [0.15, 0.2) is 6.07 Å². The fourth-order valence-electron chi connectivity index (χ4n) is 2.32. The molecule has 1 unspecified atom stereocenters. The lowest BCUT2D eigenvalue weighted by Crippen LogP contribution is -2.35. The average Bonchev–Trinajstić information content (AvgIpc) is 2.71. The normalized spacial score (nSPS) is 24.1. The molecule has 0 aromatic heterocycles. The minimum absolute atomic E-state index is 0.270. The molecule has 0 spiro atoms. The molecule has 1 aliphatic heterocycles. The number of ether oxygens (including phenoxy) is 1. The van der Waals surface area contributed by atoms with Gasteiger partial charge in [0.15, 0.2) is 23.2 Å². The molecular weight excluding hydrogens is 231 g/mol. The minimum Gasteiger partial charge on any atom is -0.494 e. The molecule has 1 aromatic rings. The van der Waals surface area contributed by atoms with Gasteiger partial charge in [-0.25, -0.2) is 13.2 Å². The molecule has 0 saturated carbocycles. The third-order valence-corrected chi connectivity index (χ3v) is 3.26. The Morgan fingerprint density at radius 1 is 1.29 bits per heavy atom. The summed E-state index contributed by atoms with van der Waals surface area (Å²) in [7, 11) is 1.23. The molecule has 1 aromatic carbocycles. The van der Waals surface area contributed by atoms with Crippen LogP contribution in [-0.2, 0) is 5.54 Å². The van der Waals surface area contributed by atoms with Crippen molar-refractivity contribution in [1.82, 2.24) is 5.32 Å². The van der Waals surface area contributed by atoms with Crippen LogP contribution in [0.25, 0.3) is 0 Å². The lowest BCUT2D eigenvalue weighted by Gasteiger charge is -2.26. The Balaban J connectivity index is 2.62.